The zero-order valence-corrected chi connectivity index (χ0v) is 25.3. The van der Waals surface area contributed by atoms with Gasteiger partial charge in [0.2, 0.25) is 5.91 Å². The Kier molecular flexibility index (Phi) is 8.61. The summed E-state index contributed by atoms with van der Waals surface area (Å²) in [4.78, 5) is 41.1. The maximum atomic E-state index is 13.3. The average molecular weight is 588 g/mol. The smallest absolute Gasteiger partial charge is 0.254 e. The van der Waals surface area contributed by atoms with E-state index < -0.39 is 5.79 Å². The number of carbonyl (C=O) groups is 2. The Morgan fingerprint density at radius 1 is 1.05 bits per heavy atom. The van der Waals surface area contributed by atoms with E-state index in [4.69, 9.17) is 26.1 Å². The van der Waals surface area contributed by atoms with Gasteiger partial charge in [0.1, 0.15) is 11.0 Å². The number of amides is 2. The Hall–Kier alpha value is -2.40. The van der Waals surface area contributed by atoms with E-state index in [1.54, 1.807) is 6.07 Å². The van der Waals surface area contributed by atoms with Gasteiger partial charge in [-0.05, 0) is 30.0 Å². The van der Waals surface area contributed by atoms with Crippen molar-refractivity contribution in [3.05, 3.63) is 46.6 Å². The number of rotatable bonds is 5. The molecule has 1 aromatic heterocycles. The van der Waals surface area contributed by atoms with Gasteiger partial charge < -0.3 is 24.2 Å². The second-order valence-corrected chi connectivity index (χ2v) is 13.1. The Bertz CT molecular complexity index is 1220. The second kappa shape index (κ2) is 11.8. The fourth-order valence-corrected chi connectivity index (χ4v) is 6.44. The zero-order chi connectivity index (χ0) is 28.5. The third-order valence-electron chi connectivity index (χ3n) is 7.89. The zero-order valence-electron chi connectivity index (χ0n) is 23.7. The van der Waals surface area contributed by atoms with Gasteiger partial charge in [0.15, 0.2) is 10.9 Å². The number of nitrogens with zero attached hydrogens (tertiary/aromatic N) is 5. The van der Waals surface area contributed by atoms with Gasteiger partial charge in [-0.2, -0.15) is 0 Å². The normalized spacial score (nSPS) is 21.2. The number of carbonyl (C=O) groups excluding carboxylic acids is 2. The van der Waals surface area contributed by atoms with E-state index in [1.165, 1.54) is 17.3 Å². The van der Waals surface area contributed by atoms with Crippen molar-refractivity contribution in [3.63, 3.8) is 0 Å². The molecule has 2 amide bonds. The number of benzene rings is 1. The molecular weight excluding hydrogens is 550 g/mol. The molecule has 0 saturated carbocycles. The van der Waals surface area contributed by atoms with Crippen molar-refractivity contribution >= 4 is 41.0 Å². The van der Waals surface area contributed by atoms with E-state index in [0.29, 0.717) is 80.5 Å². The average Bonchev–Trinajstić information content (AvgIpc) is 3.38. The molecule has 1 spiro atoms. The summed E-state index contributed by atoms with van der Waals surface area (Å²) in [5.41, 5.74) is 1.95. The summed E-state index contributed by atoms with van der Waals surface area (Å²) in [6.45, 7) is 12.8. The first kappa shape index (κ1) is 29.1. The number of anilines is 1. The van der Waals surface area contributed by atoms with Gasteiger partial charge in [-0.1, -0.05) is 56.3 Å². The van der Waals surface area contributed by atoms with Crippen LogP contribution in [0.25, 0.3) is 0 Å². The van der Waals surface area contributed by atoms with Gasteiger partial charge in [-0.15, -0.1) is 0 Å². The van der Waals surface area contributed by atoms with E-state index in [2.05, 4.69) is 37.6 Å². The number of hydrogen-bond donors (Lipinski definition) is 0. The van der Waals surface area contributed by atoms with E-state index in [0.717, 1.165) is 0 Å². The highest BCUT2D eigenvalue weighted by atomic mass is 35.5. The van der Waals surface area contributed by atoms with Crippen molar-refractivity contribution in [1.29, 1.82) is 0 Å². The SMILES string of the molecule is CC1CN(c2cc(Cl)nc(SCC(=O)N3CCC4(CC3)OCCO4)n2)CCN1C(=O)c1ccc(C(C)(C)C)cc1. The van der Waals surface area contributed by atoms with Gasteiger partial charge >= 0.3 is 0 Å². The van der Waals surface area contributed by atoms with Crippen LogP contribution < -0.4 is 4.90 Å². The standard InChI is InChI=1S/C29H38ClN5O4S/c1-20-18-34(13-14-35(20)26(37)21-5-7-22(8-6-21)28(2,3)4)24-17-23(30)31-27(32-24)40-19-25(36)33-11-9-29(10-12-33)38-15-16-39-29/h5-8,17,20H,9-16,18-19H2,1-4H3. The van der Waals surface area contributed by atoms with E-state index >= 15 is 0 Å². The number of halogens is 1. The minimum atomic E-state index is -0.502. The summed E-state index contributed by atoms with van der Waals surface area (Å²) in [5.74, 6) is 0.523. The van der Waals surface area contributed by atoms with Crippen molar-refractivity contribution < 1.29 is 19.1 Å². The lowest BCUT2D eigenvalue weighted by molar-refractivity contribution is -0.186. The highest BCUT2D eigenvalue weighted by Crippen LogP contribution is 2.32. The number of aromatic nitrogens is 2. The number of likely N-dealkylation sites (tertiary alicyclic amines) is 1. The van der Waals surface area contributed by atoms with Crippen LogP contribution in [0.5, 0.6) is 0 Å². The lowest BCUT2D eigenvalue weighted by Gasteiger charge is -2.40. The summed E-state index contributed by atoms with van der Waals surface area (Å²) in [5, 5.41) is 0.803. The predicted octanol–water partition coefficient (Wildman–Crippen LogP) is 4.24. The van der Waals surface area contributed by atoms with Gasteiger partial charge in [-0.3, -0.25) is 9.59 Å². The molecule has 5 rings (SSSR count). The summed E-state index contributed by atoms with van der Waals surface area (Å²) < 4.78 is 11.5. The fraction of sp³-hybridized carbons (Fsp3) is 0.586. The number of ether oxygens (including phenoxy) is 2. The fourth-order valence-electron chi connectivity index (χ4n) is 5.46. The Morgan fingerprint density at radius 3 is 2.35 bits per heavy atom. The van der Waals surface area contributed by atoms with Crippen LogP contribution in [0.2, 0.25) is 5.15 Å². The van der Waals surface area contributed by atoms with Crippen molar-refractivity contribution in [1.82, 2.24) is 19.8 Å². The maximum absolute atomic E-state index is 13.3. The number of piperidine rings is 1. The van der Waals surface area contributed by atoms with E-state index in [-0.39, 0.29) is 29.0 Å². The lowest BCUT2D eigenvalue weighted by atomic mass is 9.86. The molecule has 3 aliphatic rings. The lowest BCUT2D eigenvalue weighted by Crippen LogP contribution is -2.54. The molecule has 3 fully saturated rings. The van der Waals surface area contributed by atoms with Gasteiger partial charge in [0.05, 0.1) is 19.0 Å². The molecule has 40 heavy (non-hydrogen) atoms. The maximum Gasteiger partial charge on any atom is 0.254 e. The minimum absolute atomic E-state index is 0.00909. The third-order valence-corrected chi connectivity index (χ3v) is 8.91. The highest BCUT2D eigenvalue weighted by molar-refractivity contribution is 7.99. The molecule has 4 heterocycles. The van der Waals surface area contributed by atoms with Crippen LogP contribution in [0.4, 0.5) is 5.82 Å². The summed E-state index contributed by atoms with van der Waals surface area (Å²) >= 11 is 7.66. The molecule has 11 heteroatoms. The molecule has 0 N–H and O–H groups in total. The van der Waals surface area contributed by atoms with E-state index in [1.807, 2.05) is 34.1 Å². The number of piperazine rings is 1. The van der Waals surface area contributed by atoms with Crippen molar-refractivity contribution in [3.8, 4) is 0 Å². The molecule has 1 atom stereocenters. The molecule has 216 valence electrons. The molecule has 3 aliphatic heterocycles. The van der Waals surface area contributed by atoms with Crippen LogP contribution in [0.15, 0.2) is 35.5 Å². The summed E-state index contributed by atoms with van der Waals surface area (Å²) in [6.07, 6.45) is 1.38. The first-order valence-corrected chi connectivity index (χ1v) is 15.3. The molecule has 1 aromatic carbocycles. The largest absolute Gasteiger partial charge is 0.353 e. The van der Waals surface area contributed by atoms with E-state index in [9.17, 15) is 9.59 Å². The van der Waals surface area contributed by atoms with Gasteiger partial charge in [0, 0.05) is 63.2 Å². The topological polar surface area (TPSA) is 88.1 Å². The molecule has 0 aliphatic carbocycles. The van der Waals surface area contributed by atoms with Crippen molar-refractivity contribution in [2.24, 2.45) is 0 Å². The second-order valence-electron chi connectivity index (χ2n) is 11.7. The minimum Gasteiger partial charge on any atom is -0.353 e. The number of hydrogen-bond acceptors (Lipinski definition) is 8. The van der Waals surface area contributed by atoms with Crippen LogP contribution >= 0.6 is 23.4 Å². The van der Waals surface area contributed by atoms with Gasteiger partial charge in [0.25, 0.3) is 5.91 Å². The van der Waals surface area contributed by atoms with Crippen LogP contribution in [-0.4, -0.2) is 95.1 Å². The highest BCUT2D eigenvalue weighted by Gasteiger charge is 2.40. The predicted molar refractivity (Wildman–Crippen MR) is 156 cm³/mol. The molecule has 0 bridgehead atoms. The first-order chi connectivity index (χ1) is 19.0. The number of thioether (sulfide) groups is 1. The Labute approximate surface area is 245 Å². The molecule has 3 saturated heterocycles. The Balaban J connectivity index is 1.16. The van der Waals surface area contributed by atoms with Crippen LogP contribution in [0.3, 0.4) is 0 Å². The molecule has 0 radical (unpaired) electrons. The molecule has 9 nitrogen and oxygen atoms in total. The Morgan fingerprint density at radius 2 is 1.73 bits per heavy atom. The molecular formula is C29H38ClN5O4S. The van der Waals surface area contributed by atoms with Crippen LogP contribution in [0.1, 0.15) is 56.5 Å². The van der Waals surface area contributed by atoms with Crippen LogP contribution in [0, 0.1) is 0 Å². The van der Waals surface area contributed by atoms with Crippen molar-refractivity contribution in [2.45, 2.75) is 62.9 Å². The molecule has 2 aromatic rings. The summed E-state index contributed by atoms with van der Waals surface area (Å²) in [7, 11) is 0. The first-order valence-electron chi connectivity index (χ1n) is 13.9. The molecule has 1 unspecified atom stereocenters. The summed E-state index contributed by atoms with van der Waals surface area (Å²) in [6, 6.07) is 9.67. The van der Waals surface area contributed by atoms with Crippen LogP contribution in [-0.2, 0) is 19.7 Å². The monoisotopic (exact) mass is 587 g/mol. The third kappa shape index (κ3) is 6.56. The van der Waals surface area contributed by atoms with Gasteiger partial charge in [-0.25, -0.2) is 9.97 Å². The van der Waals surface area contributed by atoms with Crippen molar-refractivity contribution in [2.75, 3.05) is 56.6 Å². The quantitative estimate of drug-likeness (QED) is 0.292.